The second kappa shape index (κ2) is 8.52. The molecule has 0 amide bonds. The lowest BCUT2D eigenvalue weighted by molar-refractivity contribution is 0.224. The van der Waals surface area contributed by atoms with E-state index in [1.165, 1.54) is 11.8 Å². The fourth-order valence-corrected chi connectivity index (χ4v) is 4.44. The van der Waals surface area contributed by atoms with Gasteiger partial charge in [0.15, 0.2) is 11.9 Å². The first-order valence-electron chi connectivity index (χ1n) is 11.3. The van der Waals surface area contributed by atoms with E-state index in [1.54, 1.807) is 0 Å². The molecule has 6 nitrogen and oxygen atoms in total. The molecule has 0 radical (unpaired) electrons. The number of benzene rings is 2. The molecule has 0 saturated carbocycles. The van der Waals surface area contributed by atoms with Crippen LogP contribution in [-0.2, 0) is 10.8 Å². The topological polar surface area (TPSA) is 80.2 Å². The summed E-state index contributed by atoms with van der Waals surface area (Å²) in [6.45, 7) is 14.7. The number of fused-ring (bicyclic) bond motifs is 3. The van der Waals surface area contributed by atoms with E-state index in [9.17, 15) is 5.11 Å². The molecule has 7 heteroatoms. The van der Waals surface area contributed by atoms with E-state index in [2.05, 4.69) is 69.0 Å². The Hall–Kier alpha value is -2.80. The Morgan fingerprint density at radius 3 is 2.24 bits per heavy atom. The van der Waals surface area contributed by atoms with Crippen LogP contribution < -0.4 is 10.1 Å². The minimum Gasteiger partial charge on any atom is -0.507 e. The number of ether oxygens (including phenoxy) is 1. The molecular formula is C26H32N4O2S. The molecule has 1 aliphatic rings. The summed E-state index contributed by atoms with van der Waals surface area (Å²) in [5.41, 5.74) is 4.63. The van der Waals surface area contributed by atoms with Gasteiger partial charge < -0.3 is 15.2 Å². The molecule has 2 aromatic carbocycles. The number of hydrogen-bond acceptors (Lipinski definition) is 7. The van der Waals surface area contributed by atoms with Gasteiger partial charge in [-0.1, -0.05) is 78.4 Å². The van der Waals surface area contributed by atoms with Crippen LogP contribution in [0.25, 0.3) is 11.3 Å². The van der Waals surface area contributed by atoms with Crippen LogP contribution in [0.2, 0.25) is 0 Å². The zero-order valence-corrected chi connectivity index (χ0v) is 21.2. The van der Waals surface area contributed by atoms with E-state index in [-0.39, 0.29) is 10.8 Å². The molecule has 2 N–H and O–H groups in total. The monoisotopic (exact) mass is 464 g/mol. The summed E-state index contributed by atoms with van der Waals surface area (Å²) in [4.78, 5) is 4.68. The number of nitrogens with one attached hydrogen (secondary N) is 1. The maximum Gasteiger partial charge on any atom is 0.247 e. The summed E-state index contributed by atoms with van der Waals surface area (Å²) in [7, 11) is 0. The molecule has 33 heavy (non-hydrogen) atoms. The molecule has 0 spiro atoms. The average molecular weight is 465 g/mol. The highest BCUT2D eigenvalue weighted by molar-refractivity contribution is 7.99. The first kappa shape index (κ1) is 23.4. The van der Waals surface area contributed by atoms with Crippen molar-refractivity contribution in [3.8, 4) is 22.9 Å². The number of para-hydroxylation sites is 1. The average Bonchev–Trinajstić information content (AvgIpc) is 2.89. The summed E-state index contributed by atoms with van der Waals surface area (Å²) < 4.78 is 6.47. The highest BCUT2D eigenvalue weighted by atomic mass is 32.2. The van der Waals surface area contributed by atoms with Crippen molar-refractivity contribution < 1.29 is 9.84 Å². The van der Waals surface area contributed by atoms with Gasteiger partial charge in [0.2, 0.25) is 11.0 Å². The van der Waals surface area contributed by atoms with Crippen LogP contribution in [0.1, 0.15) is 71.4 Å². The number of phenolic OH excluding ortho intramolecular Hbond substituents is 1. The second-order valence-corrected chi connectivity index (χ2v) is 11.6. The van der Waals surface area contributed by atoms with Gasteiger partial charge in [-0.3, -0.25) is 0 Å². The van der Waals surface area contributed by atoms with Crippen molar-refractivity contribution in [1.82, 2.24) is 15.2 Å². The number of aromatic nitrogens is 3. The number of hydrogen-bond donors (Lipinski definition) is 2. The second-order valence-electron chi connectivity index (χ2n) is 10.3. The third kappa shape index (κ3) is 4.64. The van der Waals surface area contributed by atoms with E-state index >= 15 is 0 Å². The van der Waals surface area contributed by atoms with Gasteiger partial charge in [0.1, 0.15) is 5.75 Å². The summed E-state index contributed by atoms with van der Waals surface area (Å²) in [5.74, 6) is 1.64. The fourth-order valence-electron chi connectivity index (χ4n) is 3.94. The molecule has 0 bridgehead atoms. The van der Waals surface area contributed by atoms with Crippen molar-refractivity contribution in [3.63, 3.8) is 0 Å². The highest BCUT2D eigenvalue weighted by Crippen LogP contribution is 2.44. The first-order valence-corrected chi connectivity index (χ1v) is 12.3. The largest absolute Gasteiger partial charge is 0.507 e. The zero-order valence-electron chi connectivity index (χ0n) is 20.4. The minimum atomic E-state index is -0.508. The van der Waals surface area contributed by atoms with Gasteiger partial charge in [-0.2, -0.15) is 4.98 Å². The van der Waals surface area contributed by atoms with Crippen LogP contribution in [0, 0.1) is 0 Å². The number of nitrogens with zero attached hydrogens (tertiary/aromatic N) is 3. The van der Waals surface area contributed by atoms with Gasteiger partial charge >= 0.3 is 0 Å². The Balaban J connectivity index is 1.90. The van der Waals surface area contributed by atoms with Gasteiger partial charge in [0.05, 0.1) is 0 Å². The molecule has 1 atom stereocenters. The minimum absolute atomic E-state index is 0.241. The molecule has 0 fully saturated rings. The SMILES string of the molecule is CCSc1nnc2c(n1)OC(c1cc(C(C)(C)C)c(O)c(C(C)(C)C)c1)Nc1ccccc1-2. The van der Waals surface area contributed by atoms with Gasteiger partial charge in [0, 0.05) is 27.9 Å². The van der Waals surface area contributed by atoms with E-state index in [0.29, 0.717) is 22.5 Å². The van der Waals surface area contributed by atoms with Crippen molar-refractivity contribution >= 4 is 17.4 Å². The van der Waals surface area contributed by atoms with Crippen LogP contribution >= 0.6 is 11.8 Å². The van der Waals surface area contributed by atoms with Crippen molar-refractivity contribution in [2.24, 2.45) is 0 Å². The third-order valence-corrected chi connectivity index (χ3v) is 6.38. The van der Waals surface area contributed by atoms with Crippen LogP contribution in [0.3, 0.4) is 0 Å². The summed E-state index contributed by atoms with van der Waals surface area (Å²) in [6, 6.07) is 12.0. The number of aromatic hydroxyl groups is 1. The number of thioether (sulfide) groups is 1. The Morgan fingerprint density at radius 1 is 1.00 bits per heavy atom. The predicted molar refractivity (Wildman–Crippen MR) is 134 cm³/mol. The van der Waals surface area contributed by atoms with Crippen LogP contribution in [-0.4, -0.2) is 26.0 Å². The lowest BCUT2D eigenvalue weighted by Crippen LogP contribution is -2.22. The number of rotatable bonds is 3. The summed E-state index contributed by atoms with van der Waals surface area (Å²) in [5, 5.41) is 24.0. The molecule has 0 saturated heterocycles. The van der Waals surface area contributed by atoms with Crippen LogP contribution in [0.15, 0.2) is 41.6 Å². The number of anilines is 1. The first-order chi connectivity index (χ1) is 15.5. The highest BCUT2D eigenvalue weighted by Gasteiger charge is 2.31. The fraction of sp³-hybridized carbons (Fsp3) is 0.423. The Bertz CT molecular complexity index is 1150. The molecule has 1 aromatic heterocycles. The van der Waals surface area contributed by atoms with E-state index < -0.39 is 6.23 Å². The van der Waals surface area contributed by atoms with E-state index in [0.717, 1.165) is 33.7 Å². The molecular weight excluding hydrogens is 432 g/mol. The molecule has 174 valence electrons. The Morgan fingerprint density at radius 2 is 1.64 bits per heavy atom. The van der Waals surface area contributed by atoms with Crippen LogP contribution in [0.4, 0.5) is 5.69 Å². The number of phenols is 1. The molecule has 0 aliphatic carbocycles. The van der Waals surface area contributed by atoms with Gasteiger partial charge in [-0.25, -0.2) is 0 Å². The summed E-state index contributed by atoms with van der Waals surface area (Å²) >= 11 is 1.53. The molecule has 1 unspecified atom stereocenters. The normalized spacial score (nSPS) is 15.7. The Kier molecular flexibility index (Phi) is 6.03. The lowest BCUT2D eigenvalue weighted by Gasteiger charge is -2.30. The van der Waals surface area contributed by atoms with E-state index in [1.807, 2.05) is 36.4 Å². The maximum absolute atomic E-state index is 11.2. The maximum atomic E-state index is 11.2. The summed E-state index contributed by atoms with van der Waals surface area (Å²) in [6.07, 6.45) is -0.508. The Labute approximate surface area is 200 Å². The molecule has 3 aromatic rings. The van der Waals surface area contributed by atoms with Gasteiger partial charge in [-0.15, -0.1) is 10.2 Å². The standard InChI is InChI=1S/C26H32N4O2S/c1-8-33-24-28-23-20(29-30-24)16-11-9-10-12-19(16)27-22(32-23)15-13-17(25(2,3)4)21(31)18(14-15)26(5,6)7/h9-14,22,27,31H,8H2,1-7H3. The van der Waals surface area contributed by atoms with Gasteiger partial charge in [-0.05, 0) is 34.8 Å². The quantitative estimate of drug-likeness (QED) is 0.431. The smallest absolute Gasteiger partial charge is 0.247 e. The van der Waals surface area contributed by atoms with Crippen molar-refractivity contribution in [1.29, 1.82) is 0 Å². The predicted octanol–water partition coefficient (Wildman–Crippen LogP) is 6.45. The van der Waals surface area contributed by atoms with Gasteiger partial charge in [0.25, 0.3) is 0 Å². The molecule has 2 heterocycles. The van der Waals surface area contributed by atoms with Crippen LogP contribution in [0.5, 0.6) is 11.6 Å². The van der Waals surface area contributed by atoms with Crippen molar-refractivity contribution in [2.45, 2.75) is 70.7 Å². The molecule has 4 rings (SSSR count). The van der Waals surface area contributed by atoms with Crippen molar-refractivity contribution in [3.05, 3.63) is 53.1 Å². The third-order valence-electron chi connectivity index (χ3n) is 5.66. The zero-order chi connectivity index (χ0) is 24.0. The van der Waals surface area contributed by atoms with E-state index in [4.69, 9.17) is 4.74 Å². The lowest BCUT2D eigenvalue weighted by atomic mass is 9.78. The molecule has 1 aliphatic heterocycles. The van der Waals surface area contributed by atoms with Crippen molar-refractivity contribution in [2.75, 3.05) is 11.1 Å².